The van der Waals surface area contributed by atoms with Gasteiger partial charge in [0, 0.05) is 10.9 Å². The molecule has 3 nitrogen and oxygen atoms in total. The number of fused-ring (bicyclic) bond motifs is 5. The summed E-state index contributed by atoms with van der Waals surface area (Å²) in [4.78, 5) is 0. The van der Waals surface area contributed by atoms with Crippen LogP contribution in [0.3, 0.4) is 0 Å². The van der Waals surface area contributed by atoms with Crippen molar-refractivity contribution >= 4 is 32.4 Å². The van der Waals surface area contributed by atoms with Crippen molar-refractivity contribution in [2.24, 2.45) is 0 Å². The molecule has 0 N–H and O–H groups in total. The van der Waals surface area contributed by atoms with Gasteiger partial charge in [-0.1, -0.05) is 72.8 Å². The van der Waals surface area contributed by atoms with Crippen molar-refractivity contribution in [1.29, 1.82) is 0 Å². The molecule has 5 rings (SSSR count). The highest BCUT2D eigenvalue weighted by molar-refractivity contribution is 6.19. The van der Waals surface area contributed by atoms with E-state index in [2.05, 4.69) is 70.0 Å². The Kier molecular flexibility index (Phi) is 2.79. The van der Waals surface area contributed by atoms with Crippen molar-refractivity contribution in [3.63, 3.8) is 0 Å². The smallest absolute Gasteiger partial charge is 0.105 e. The molecule has 1 heterocycles. The highest BCUT2D eigenvalue weighted by atomic mass is 15.3. The third-order valence-corrected chi connectivity index (χ3v) is 4.49. The topological polar surface area (TPSA) is 38.7 Å². The van der Waals surface area contributed by atoms with Gasteiger partial charge < -0.3 is 0 Å². The zero-order valence-corrected chi connectivity index (χ0v) is 12.8. The number of rotatable bonds is 1. The summed E-state index contributed by atoms with van der Waals surface area (Å²) in [5.41, 5.74) is 2.80. The molecule has 4 aromatic carbocycles. The van der Waals surface area contributed by atoms with E-state index in [1.54, 1.807) is 0 Å². The quantitative estimate of drug-likeness (QED) is 0.409. The summed E-state index contributed by atoms with van der Waals surface area (Å²) >= 11 is 0. The third kappa shape index (κ3) is 1.88. The molecule has 0 saturated carbocycles. The molecule has 0 spiro atoms. The summed E-state index contributed by atoms with van der Waals surface area (Å²) in [6.07, 6.45) is 0. The average Bonchev–Trinajstić information content (AvgIpc) is 2.67. The van der Waals surface area contributed by atoms with Crippen LogP contribution in [0.2, 0.25) is 0 Å². The zero-order valence-electron chi connectivity index (χ0n) is 12.8. The molecule has 24 heavy (non-hydrogen) atoms. The van der Waals surface area contributed by atoms with E-state index in [4.69, 9.17) is 0 Å². The van der Waals surface area contributed by atoms with Gasteiger partial charge in [-0.2, -0.15) is 0 Å². The largest absolute Gasteiger partial charge is 0.130 e. The summed E-state index contributed by atoms with van der Waals surface area (Å²) in [6, 6.07) is 27.1. The Labute approximate surface area is 138 Å². The van der Waals surface area contributed by atoms with E-state index in [0.29, 0.717) is 0 Å². The molecule has 5 aromatic rings. The second kappa shape index (κ2) is 5.10. The lowest BCUT2D eigenvalue weighted by Crippen LogP contribution is -1.94. The molecule has 0 aliphatic carbocycles. The van der Waals surface area contributed by atoms with E-state index < -0.39 is 0 Å². The molecule has 1 aromatic heterocycles. The molecule has 0 aliphatic rings. The maximum absolute atomic E-state index is 4.35. The Morgan fingerprint density at radius 3 is 2.25 bits per heavy atom. The van der Waals surface area contributed by atoms with Crippen molar-refractivity contribution in [2.45, 2.75) is 0 Å². The summed E-state index contributed by atoms with van der Waals surface area (Å²) in [6.45, 7) is 0. The summed E-state index contributed by atoms with van der Waals surface area (Å²) in [7, 11) is 0. The minimum absolute atomic E-state index is 0.867. The molecular weight excluding hydrogens is 294 g/mol. The Morgan fingerprint density at radius 1 is 0.542 bits per heavy atom. The molecule has 0 fully saturated rings. The molecule has 0 aliphatic heterocycles. The van der Waals surface area contributed by atoms with Gasteiger partial charge in [-0.05, 0) is 32.8 Å². The van der Waals surface area contributed by atoms with Crippen LogP contribution in [0.25, 0.3) is 43.7 Å². The van der Waals surface area contributed by atoms with E-state index in [1.807, 2.05) is 24.3 Å². The Morgan fingerprint density at radius 2 is 1.33 bits per heavy atom. The van der Waals surface area contributed by atoms with Gasteiger partial charge in [0.25, 0.3) is 0 Å². The van der Waals surface area contributed by atoms with Crippen molar-refractivity contribution in [1.82, 2.24) is 15.4 Å². The van der Waals surface area contributed by atoms with Crippen LogP contribution in [0.4, 0.5) is 0 Å². The van der Waals surface area contributed by atoms with Gasteiger partial charge in [0.05, 0.1) is 5.52 Å². The number of aromatic nitrogens is 3. The van der Waals surface area contributed by atoms with Crippen molar-refractivity contribution in [3.8, 4) is 11.3 Å². The van der Waals surface area contributed by atoms with Gasteiger partial charge in [-0.3, -0.25) is 0 Å². The minimum atomic E-state index is 0.867. The fourth-order valence-corrected chi connectivity index (χ4v) is 3.37. The van der Waals surface area contributed by atoms with Gasteiger partial charge in [-0.15, -0.1) is 10.2 Å². The predicted molar refractivity (Wildman–Crippen MR) is 97.8 cm³/mol. The lowest BCUT2D eigenvalue weighted by atomic mass is 9.96. The van der Waals surface area contributed by atoms with E-state index in [-0.39, 0.29) is 0 Å². The van der Waals surface area contributed by atoms with Crippen LogP contribution in [0.1, 0.15) is 0 Å². The van der Waals surface area contributed by atoms with Crippen molar-refractivity contribution in [2.75, 3.05) is 0 Å². The third-order valence-electron chi connectivity index (χ3n) is 4.49. The van der Waals surface area contributed by atoms with Crippen LogP contribution in [-0.2, 0) is 0 Å². The van der Waals surface area contributed by atoms with Crippen LogP contribution in [0, 0.1) is 0 Å². The summed E-state index contributed by atoms with van der Waals surface area (Å²) < 4.78 is 0. The highest BCUT2D eigenvalue weighted by Crippen LogP contribution is 2.34. The van der Waals surface area contributed by atoms with Crippen LogP contribution in [0.5, 0.6) is 0 Å². The van der Waals surface area contributed by atoms with E-state index in [9.17, 15) is 0 Å². The second-order valence-electron chi connectivity index (χ2n) is 5.85. The van der Waals surface area contributed by atoms with Crippen LogP contribution < -0.4 is 0 Å². The minimum Gasteiger partial charge on any atom is -0.130 e. The highest BCUT2D eigenvalue weighted by Gasteiger charge is 2.12. The standard InChI is InChI=1S/C21H13N3/c1-2-7-15(8-3-1)21-20-18-11-10-14-6-4-5-9-16(14)17(18)12-13-19(20)22-24-23-21/h1-13H. The lowest BCUT2D eigenvalue weighted by molar-refractivity contribution is 0.901. The van der Waals surface area contributed by atoms with Crippen LogP contribution >= 0.6 is 0 Å². The van der Waals surface area contributed by atoms with Crippen molar-refractivity contribution in [3.05, 3.63) is 78.9 Å². The first-order chi connectivity index (χ1) is 11.9. The van der Waals surface area contributed by atoms with Gasteiger partial charge >= 0.3 is 0 Å². The number of benzene rings is 4. The van der Waals surface area contributed by atoms with E-state index in [1.165, 1.54) is 16.2 Å². The Hall–Kier alpha value is -3.33. The molecule has 0 saturated heterocycles. The van der Waals surface area contributed by atoms with Gasteiger partial charge in [0.2, 0.25) is 0 Å². The predicted octanol–water partition coefficient (Wildman–Crippen LogP) is 5.00. The molecule has 3 heteroatoms. The molecular formula is C21H13N3. The van der Waals surface area contributed by atoms with Crippen molar-refractivity contribution < 1.29 is 0 Å². The number of hydrogen-bond acceptors (Lipinski definition) is 3. The lowest BCUT2D eigenvalue weighted by Gasteiger charge is -2.09. The first kappa shape index (κ1) is 13.1. The molecule has 0 bridgehead atoms. The van der Waals surface area contributed by atoms with Gasteiger partial charge in [0.15, 0.2) is 0 Å². The number of nitrogens with zero attached hydrogens (tertiary/aromatic N) is 3. The SMILES string of the molecule is c1ccc(-c2nnnc3ccc4c5ccccc5ccc4c23)cc1. The Balaban J connectivity index is 1.99. The fraction of sp³-hybridized carbons (Fsp3) is 0. The number of hydrogen-bond donors (Lipinski definition) is 0. The molecule has 0 unspecified atom stereocenters. The van der Waals surface area contributed by atoms with E-state index in [0.717, 1.165) is 27.5 Å². The van der Waals surface area contributed by atoms with Gasteiger partial charge in [-0.25, -0.2) is 0 Å². The first-order valence-corrected chi connectivity index (χ1v) is 7.91. The van der Waals surface area contributed by atoms with E-state index >= 15 is 0 Å². The van der Waals surface area contributed by atoms with Gasteiger partial charge in [0.1, 0.15) is 5.69 Å². The maximum atomic E-state index is 4.35. The second-order valence-corrected chi connectivity index (χ2v) is 5.85. The summed E-state index contributed by atoms with van der Waals surface area (Å²) in [5.74, 6) is 0. The molecule has 0 radical (unpaired) electrons. The first-order valence-electron chi connectivity index (χ1n) is 7.91. The maximum Gasteiger partial charge on any atom is 0.105 e. The summed E-state index contributed by atoms with van der Waals surface area (Å²) in [5, 5.41) is 18.5. The Bertz CT molecular complexity index is 1200. The van der Waals surface area contributed by atoms with Crippen LogP contribution in [0.15, 0.2) is 78.9 Å². The molecule has 0 atom stereocenters. The fourth-order valence-electron chi connectivity index (χ4n) is 3.37. The molecule has 112 valence electrons. The normalized spacial score (nSPS) is 11.3. The van der Waals surface area contributed by atoms with Crippen LogP contribution in [-0.4, -0.2) is 15.4 Å². The zero-order chi connectivity index (χ0) is 15.9. The average molecular weight is 307 g/mol. The molecule has 0 amide bonds. The monoisotopic (exact) mass is 307 g/mol.